The van der Waals surface area contributed by atoms with Gasteiger partial charge in [-0.15, -0.1) is 0 Å². The lowest BCUT2D eigenvalue weighted by Gasteiger charge is -2.23. The maximum atomic E-state index is 10.5. The molecule has 0 spiro atoms. The van der Waals surface area contributed by atoms with Crippen molar-refractivity contribution in [3.8, 4) is 0 Å². The van der Waals surface area contributed by atoms with Gasteiger partial charge in [-0.3, -0.25) is 4.79 Å². The van der Waals surface area contributed by atoms with Crippen molar-refractivity contribution >= 4 is 6.29 Å². The maximum Gasteiger partial charge on any atom is 0.146 e. The summed E-state index contributed by atoms with van der Waals surface area (Å²) in [6.07, 6.45) is 7.14. The molecule has 0 amide bonds. The smallest absolute Gasteiger partial charge is 0.146 e. The van der Waals surface area contributed by atoms with Gasteiger partial charge in [-0.25, -0.2) is 0 Å². The molecule has 1 aliphatic rings. The van der Waals surface area contributed by atoms with Gasteiger partial charge in [0, 0.05) is 0 Å². The Morgan fingerprint density at radius 3 is 2.58 bits per heavy atom. The van der Waals surface area contributed by atoms with E-state index in [0.29, 0.717) is 0 Å². The monoisotopic (exact) mass is 164 g/mol. The fourth-order valence-corrected chi connectivity index (χ4v) is 1.34. The van der Waals surface area contributed by atoms with Gasteiger partial charge < -0.3 is 0 Å². The molecule has 0 saturated heterocycles. The van der Waals surface area contributed by atoms with Gasteiger partial charge in [0.05, 0.1) is 0 Å². The van der Waals surface area contributed by atoms with Crippen LogP contribution < -0.4 is 0 Å². The van der Waals surface area contributed by atoms with Crippen molar-refractivity contribution in [2.75, 3.05) is 0 Å². The van der Waals surface area contributed by atoms with E-state index in [1.165, 1.54) is 5.57 Å². The molecule has 0 aromatic heterocycles. The molecule has 0 radical (unpaired) electrons. The molecule has 0 atom stereocenters. The lowest BCUT2D eigenvalue weighted by atomic mass is 9.82. The molecule has 0 heterocycles. The predicted octanol–water partition coefficient (Wildman–Crippen LogP) is 2.88. The summed E-state index contributed by atoms with van der Waals surface area (Å²) in [6, 6.07) is 0. The zero-order valence-electron chi connectivity index (χ0n) is 8.05. The first kappa shape index (κ1) is 9.24. The first-order chi connectivity index (χ1) is 5.54. The van der Waals surface area contributed by atoms with E-state index in [-0.39, 0.29) is 5.41 Å². The standard InChI is InChI=1S/C11H16O/c1-11(2,3)10-6-4-5-9(7-10)8-12/h6-8H,4-5H2,1-3H3. The summed E-state index contributed by atoms with van der Waals surface area (Å²) in [4.78, 5) is 10.5. The van der Waals surface area contributed by atoms with E-state index in [1.54, 1.807) is 0 Å². The molecule has 1 heteroatoms. The van der Waals surface area contributed by atoms with Crippen molar-refractivity contribution < 1.29 is 4.79 Å². The molecule has 1 nitrogen and oxygen atoms in total. The van der Waals surface area contributed by atoms with E-state index >= 15 is 0 Å². The summed E-state index contributed by atoms with van der Waals surface area (Å²) in [7, 11) is 0. The van der Waals surface area contributed by atoms with E-state index in [9.17, 15) is 4.79 Å². The zero-order valence-corrected chi connectivity index (χ0v) is 8.05. The second-order valence-corrected chi connectivity index (χ2v) is 4.29. The third-order valence-electron chi connectivity index (χ3n) is 2.16. The van der Waals surface area contributed by atoms with Crippen LogP contribution in [0, 0.1) is 5.41 Å². The van der Waals surface area contributed by atoms with Gasteiger partial charge in [0.1, 0.15) is 6.29 Å². The minimum atomic E-state index is 0.175. The minimum Gasteiger partial charge on any atom is -0.298 e. The maximum absolute atomic E-state index is 10.5. The van der Waals surface area contributed by atoms with Crippen molar-refractivity contribution in [2.45, 2.75) is 33.6 Å². The Morgan fingerprint density at radius 1 is 1.42 bits per heavy atom. The van der Waals surface area contributed by atoms with Crippen LogP contribution in [-0.2, 0) is 4.79 Å². The largest absolute Gasteiger partial charge is 0.298 e. The number of aldehydes is 1. The highest BCUT2D eigenvalue weighted by Gasteiger charge is 2.17. The Labute approximate surface area is 74.2 Å². The van der Waals surface area contributed by atoms with Crippen LogP contribution in [0.25, 0.3) is 0 Å². The van der Waals surface area contributed by atoms with E-state index in [2.05, 4.69) is 26.8 Å². The predicted molar refractivity (Wildman–Crippen MR) is 50.9 cm³/mol. The average molecular weight is 164 g/mol. The van der Waals surface area contributed by atoms with E-state index in [4.69, 9.17) is 0 Å². The highest BCUT2D eigenvalue weighted by atomic mass is 16.1. The summed E-state index contributed by atoms with van der Waals surface area (Å²) < 4.78 is 0. The van der Waals surface area contributed by atoms with E-state index in [0.717, 1.165) is 24.7 Å². The molecule has 1 rings (SSSR count). The topological polar surface area (TPSA) is 17.1 Å². The highest BCUT2D eigenvalue weighted by molar-refractivity contribution is 5.75. The SMILES string of the molecule is CC(C)(C)C1=CCCC(C=O)=C1. The summed E-state index contributed by atoms with van der Waals surface area (Å²) in [5.41, 5.74) is 2.40. The number of hydrogen-bond donors (Lipinski definition) is 0. The zero-order chi connectivity index (χ0) is 9.19. The molecule has 0 aliphatic heterocycles. The Balaban J connectivity index is 2.87. The number of carbonyl (C=O) groups is 1. The van der Waals surface area contributed by atoms with Crippen LogP contribution in [0.1, 0.15) is 33.6 Å². The van der Waals surface area contributed by atoms with Gasteiger partial charge in [-0.05, 0) is 29.4 Å². The summed E-state index contributed by atoms with van der Waals surface area (Å²) in [5, 5.41) is 0. The quantitative estimate of drug-likeness (QED) is 0.545. The Hall–Kier alpha value is -0.850. The first-order valence-corrected chi connectivity index (χ1v) is 4.40. The minimum absolute atomic E-state index is 0.175. The van der Waals surface area contributed by atoms with Crippen LogP contribution in [0.4, 0.5) is 0 Å². The van der Waals surface area contributed by atoms with Crippen LogP contribution >= 0.6 is 0 Å². The van der Waals surface area contributed by atoms with Crippen molar-refractivity contribution in [2.24, 2.45) is 5.41 Å². The summed E-state index contributed by atoms with van der Waals surface area (Å²) >= 11 is 0. The summed E-state index contributed by atoms with van der Waals surface area (Å²) in [6.45, 7) is 6.51. The molecule has 0 bridgehead atoms. The lowest BCUT2D eigenvalue weighted by molar-refractivity contribution is -0.105. The molecule has 0 saturated carbocycles. The van der Waals surface area contributed by atoms with Crippen LogP contribution in [0.2, 0.25) is 0 Å². The van der Waals surface area contributed by atoms with Crippen molar-refractivity contribution in [3.05, 3.63) is 23.3 Å². The van der Waals surface area contributed by atoms with Gasteiger partial charge in [-0.1, -0.05) is 32.9 Å². The van der Waals surface area contributed by atoms with Gasteiger partial charge in [0.2, 0.25) is 0 Å². The second kappa shape index (κ2) is 3.26. The van der Waals surface area contributed by atoms with Crippen molar-refractivity contribution in [3.63, 3.8) is 0 Å². The number of hydrogen-bond acceptors (Lipinski definition) is 1. The number of carbonyl (C=O) groups excluding carboxylic acids is 1. The van der Waals surface area contributed by atoms with Crippen LogP contribution in [0.15, 0.2) is 23.3 Å². The molecular weight excluding hydrogens is 148 g/mol. The number of rotatable bonds is 1. The molecule has 1 aliphatic carbocycles. The molecule has 0 N–H and O–H groups in total. The highest BCUT2D eigenvalue weighted by Crippen LogP contribution is 2.30. The summed E-state index contributed by atoms with van der Waals surface area (Å²) in [5.74, 6) is 0. The third kappa shape index (κ3) is 2.07. The first-order valence-electron chi connectivity index (χ1n) is 4.40. The van der Waals surface area contributed by atoms with Crippen molar-refractivity contribution in [1.29, 1.82) is 0 Å². The lowest BCUT2D eigenvalue weighted by Crippen LogP contribution is -2.10. The molecule has 0 aromatic rings. The molecular formula is C11H16O. The Bertz CT molecular complexity index is 238. The van der Waals surface area contributed by atoms with Crippen LogP contribution in [0.5, 0.6) is 0 Å². The molecule has 66 valence electrons. The molecule has 0 unspecified atom stereocenters. The van der Waals surface area contributed by atoms with E-state index < -0.39 is 0 Å². The van der Waals surface area contributed by atoms with Gasteiger partial charge in [0.25, 0.3) is 0 Å². The Kier molecular flexibility index (Phi) is 2.51. The van der Waals surface area contributed by atoms with Gasteiger partial charge in [0.15, 0.2) is 0 Å². The van der Waals surface area contributed by atoms with Gasteiger partial charge >= 0.3 is 0 Å². The average Bonchev–Trinajstić information content (AvgIpc) is 2.03. The second-order valence-electron chi connectivity index (χ2n) is 4.29. The fraction of sp³-hybridized carbons (Fsp3) is 0.545. The van der Waals surface area contributed by atoms with Gasteiger partial charge in [-0.2, -0.15) is 0 Å². The number of allylic oxidation sites excluding steroid dienone is 4. The Morgan fingerprint density at radius 2 is 2.08 bits per heavy atom. The third-order valence-corrected chi connectivity index (χ3v) is 2.16. The normalized spacial score (nSPS) is 18.2. The van der Waals surface area contributed by atoms with Crippen LogP contribution in [-0.4, -0.2) is 6.29 Å². The fourth-order valence-electron chi connectivity index (χ4n) is 1.34. The van der Waals surface area contributed by atoms with E-state index in [1.807, 2.05) is 6.08 Å². The van der Waals surface area contributed by atoms with Crippen LogP contribution in [0.3, 0.4) is 0 Å². The van der Waals surface area contributed by atoms with Crippen molar-refractivity contribution in [1.82, 2.24) is 0 Å². The molecule has 0 fully saturated rings. The molecule has 12 heavy (non-hydrogen) atoms. The molecule has 0 aromatic carbocycles.